The van der Waals surface area contributed by atoms with Gasteiger partial charge >= 0.3 is 0 Å². The molecule has 122 valence electrons. The first-order valence-electron chi connectivity index (χ1n) is 8.06. The number of hydrogen-bond donors (Lipinski definition) is 1. The number of H-pyrrole nitrogens is 1. The van der Waals surface area contributed by atoms with Crippen molar-refractivity contribution in [3.05, 3.63) is 47.4 Å². The third kappa shape index (κ3) is 3.55. The number of benzene rings is 1. The van der Waals surface area contributed by atoms with E-state index < -0.39 is 0 Å². The van der Waals surface area contributed by atoms with E-state index in [1.807, 2.05) is 16.6 Å². The molecule has 0 aliphatic carbocycles. The largest absolute Gasteiger partial charge is 0.494 e. The highest BCUT2D eigenvalue weighted by atomic mass is 16.5. The van der Waals surface area contributed by atoms with E-state index in [1.165, 1.54) is 11.3 Å². The van der Waals surface area contributed by atoms with E-state index in [4.69, 9.17) is 4.74 Å². The summed E-state index contributed by atoms with van der Waals surface area (Å²) in [5, 5.41) is 11.9. The van der Waals surface area contributed by atoms with Crippen molar-refractivity contribution < 1.29 is 4.74 Å². The Balaban J connectivity index is 1.59. The molecule has 0 amide bonds. The predicted molar refractivity (Wildman–Crippen MR) is 91.0 cm³/mol. The van der Waals surface area contributed by atoms with Crippen molar-refractivity contribution in [2.75, 3.05) is 6.61 Å². The number of rotatable bonds is 5. The van der Waals surface area contributed by atoms with Gasteiger partial charge in [-0.25, -0.2) is 4.52 Å². The summed E-state index contributed by atoms with van der Waals surface area (Å²) in [6.07, 6.45) is 1.73. The molecule has 2 heterocycles. The van der Waals surface area contributed by atoms with Crippen LogP contribution in [-0.4, -0.2) is 26.4 Å². The van der Waals surface area contributed by atoms with Crippen molar-refractivity contribution >= 4 is 5.65 Å². The molecule has 5 heteroatoms. The number of nitrogens with one attached hydrogen (secondary N) is 1. The van der Waals surface area contributed by atoms with Crippen molar-refractivity contribution in [3.63, 3.8) is 0 Å². The number of nitrogens with zero attached hydrogens (tertiary/aromatic N) is 3. The van der Waals surface area contributed by atoms with Crippen LogP contribution in [0.2, 0.25) is 0 Å². The van der Waals surface area contributed by atoms with Crippen LogP contribution in [0.5, 0.6) is 5.75 Å². The SMILES string of the molecule is Cc1ccc(OCCCc2nnc3cc(C(C)(C)C)[nH]n23)cc1. The Labute approximate surface area is 136 Å². The topological polar surface area (TPSA) is 55.2 Å². The molecule has 0 bridgehead atoms. The van der Waals surface area contributed by atoms with Gasteiger partial charge in [-0.1, -0.05) is 38.5 Å². The lowest BCUT2D eigenvalue weighted by Crippen LogP contribution is -2.12. The van der Waals surface area contributed by atoms with Crippen LogP contribution in [0, 0.1) is 6.92 Å². The van der Waals surface area contributed by atoms with Crippen LogP contribution < -0.4 is 4.74 Å². The van der Waals surface area contributed by atoms with Crippen molar-refractivity contribution in [2.24, 2.45) is 0 Å². The van der Waals surface area contributed by atoms with Crippen LogP contribution in [-0.2, 0) is 11.8 Å². The molecule has 2 aromatic heterocycles. The zero-order chi connectivity index (χ0) is 16.4. The molecule has 1 aromatic carbocycles. The van der Waals surface area contributed by atoms with Gasteiger partial charge in [-0.3, -0.25) is 5.10 Å². The molecule has 0 aliphatic rings. The molecule has 23 heavy (non-hydrogen) atoms. The Morgan fingerprint density at radius 1 is 1.13 bits per heavy atom. The average molecular weight is 312 g/mol. The molecular weight excluding hydrogens is 288 g/mol. The lowest BCUT2D eigenvalue weighted by molar-refractivity contribution is 0.309. The molecule has 0 spiro atoms. The lowest BCUT2D eigenvalue weighted by atomic mass is 9.93. The smallest absolute Gasteiger partial charge is 0.177 e. The van der Waals surface area contributed by atoms with Gasteiger partial charge in [0.25, 0.3) is 0 Å². The molecule has 3 aromatic rings. The van der Waals surface area contributed by atoms with Crippen LogP contribution in [0.1, 0.15) is 44.3 Å². The number of aryl methyl sites for hydroxylation is 2. The maximum absolute atomic E-state index is 5.76. The summed E-state index contributed by atoms with van der Waals surface area (Å²) >= 11 is 0. The third-order valence-corrected chi connectivity index (χ3v) is 3.90. The zero-order valence-electron chi connectivity index (χ0n) is 14.3. The number of fused-ring (bicyclic) bond motifs is 1. The Hall–Kier alpha value is -2.30. The number of aromatic amines is 1. The first-order chi connectivity index (χ1) is 10.9. The highest BCUT2D eigenvalue weighted by Gasteiger charge is 2.18. The van der Waals surface area contributed by atoms with E-state index in [2.05, 4.69) is 61.2 Å². The summed E-state index contributed by atoms with van der Waals surface area (Å²) in [6, 6.07) is 10.2. The Bertz CT molecular complexity index is 778. The van der Waals surface area contributed by atoms with E-state index in [9.17, 15) is 0 Å². The molecule has 0 fully saturated rings. The number of hydrogen-bond acceptors (Lipinski definition) is 3. The van der Waals surface area contributed by atoms with E-state index in [1.54, 1.807) is 0 Å². The molecule has 1 N–H and O–H groups in total. The summed E-state index contributed by atoms with van der Waals surface area (Å²) < 4.78 is 7.74. The molecular formula is C18H24N4O. The Morgan fingerprint density at radius 2 is 1.87 bits per heavy atom. The van der Waals surface area contributed by atoms with Gasteiger partial charge in [0, 0.05) is 23.6 Å². The minimum Gasteiger partial charge on any atom is -0.494 e. The number of aromatic nitrogens is 4. The second-order valence-electron chi connectivity index (χ2n) is 6.99. The monoisotopic (exact) mass is 312 g/mol. The first kappa shape index (κ1) is 15.6. The predicted octanol–water partition coefficient (Wildman–Crippen LogP) is 3.67. The van der Waals surface area contributed by atoms with Gasteiger partial charge in [0.1, 0.15) is 5.75 Å². The van der Waals surface area contributed by atoms with E-state index in [-0.39, 0.29) is 5.41 Å². The molecule has 0 saturated carbocycles. The van der Waals surface area contributed by atoms with Crippen molar-refractivity contribution in [1.82, 2.24) is 19.8 Å². The molecule has 0 unspecified atom stereocenters. The minimum atomic E-state index is 0.0759. The molecule has 3 rings (SSSR count). The van der Waals surface area contributed by atoms with Crippen molar-refractivity contribution in [1.29, 1.82) is 0 Å². The van der Waals surface area contributed by atoms with Crippen LogP contribution >= 0.6 is 0 Å². The van der Waals surface area contributed by atoms with Crippen LogP contribution in [0.15, 0.2) is 30.3 Å². The first-order valence-corrected chi connectivity index (χ1v) is 8.06. The second kappa shape index (κ2) is 6.07. The minimum absolute atomic E-state index is 0.0759. The van der Waals surface area contributed by atoms with Gasteiger partial charge < -0.3 is 4.74 Å². The van der Waals surface area contributed by atoms with Crippen LogP contribution in [0.25, 0.3) is 5.65 Å². The summed E-state index contributed by atoms with van der Waals surface area (Å²) in [6.45, 7) is 9.29. The molecule has 0 aliphatic heterocycles. The van der Waals surface area contributed by atoms with Gasteiger partial charge in [-0.15, -0.1) is 10.2 Å². The van der Waals surface area contributed by atoms with Gasteiger partial charge in [-0.2, -0.15) is 0 Å². The summed E-state index contributed by atoms with van der Waals surface area (Å²) in [5.41, 5.74) is 3.36. The Kier molecular flexibility index (Phi) is 4.11. The maximum Gasteiger partial charge on any atom is 0.177 e. The second-order valence-corrected chi connectivity index (χ2v) is 6.99. The van der Waals surface area contributed by atoms with E-state index >= 15 is 0 Å². The fourth-order valence-corrected chi connectivity index (χ4v) is 2.43. The van der Waals surface area contributed by atoms with Gasteiger partial charge in [0.15, 0.2) is 11.5 Å². The summed E-state index contributed by atoms with van der Waals surface area (Å²) in [7, 11) is 0. The molecule has 0 atom stereocenters. The normalized spacial score (nSPS) is 12.0. The van der Waals surface area contributed by atoms with E-state index in [0.29, 0.717) is 6.61 Å². The summed E-state index contributed by atoms with van der Waals surface area (Å²) in [4.78, 5) is 0. The van der Waals surface area contributed by atoms with Gasteiger partial charge in [0.2, 0.25) is 0 Å². The third-order valence-electron chi connectivity index (χ3n) is 3.90. The lowest BCUT2D eigenvalue weighted by Gasteiger charge is -2.15. The van der Waals surface area contributed by atoms with Crippen LogP contribution in [0.3, 0.4) is 0 Å². The van der Waals surface area contributed by atoms with E-state index in [0.717, 1.165) is 30.1 Å². The van der Waals surface area contributed by atoms with Crippen molar-refractivity contribution in [3.8, 4) is 5.75 Å². The highest BCUT2D eigenvalue weighted by Crippen LogP contribution is 2.22. The highest BCUT2D eigenvalue weighted by molar-refractivity contribution is 5.40. The Morgan fingerprint density at radius 3 is 2.57 bits per heavy atom. The fourth-order valence-electron chi connectivity index (χ4n) is 2.43. The maximum atomic E-state index is 5.76. The molecule has 0 radical (unpaired) electrons. The van der Waals surface area contributed by atoms with Crippen LogP contribution in [0.4, 0.5) is 0 Å². The zero-order valence-corrected chi connectivity index (χ0v) is 14.3. The average Bonchev–Trinajstić information content (AvgIpc) is 3.06. The van der Waals surface area contributed by atoms with Gasteiger partial charge in [0.05, 0.1) is 6.61 Å². The molecule has 5 nitrogen and oxygen atoms in total. The summed E-state index contributed by atoms with van der Waals surface area (Å²) in [5.74, 6) is 1.86. The van der Waals surface area contributed by atoms with Crippen molar-refractivity contribution in [2.45, 2.75) is 46.0 Å². The fraction of sp³-hybridized carbons (Fsp3) is 0.444. The molecule has 0 saturated heterocycles. The quantitative estimate of drug-likeness (QED) is 0.731. The van der Waals surface area contributed by atoms with Gasteiger partial charge in [-0.05, 0) is 25.5 Å². The number of ether oxygens (including phenoxy) is 1. The standard InChI is InChI=1S/C18H24N4O/c1-13-7-9-14(10-8-13)23-11-5-6-16-19-20-17-12-15(18(2,3)4)21-22(16)17/h7-10,12,21H,5-6,11H2,1-4H3.